The summed E-state index contributed by atoms with van der Waals surface area (Å²) in [5, 5.41) is 6.24. The lowest BCUT2D eigenvalue weighted by atomic mass is 9.96. The quantitative estimate of drug-likeness (QED) is 0.551. The van der Waals surface area contributed by atoms with E-state index >= 15 is 0 Å². The van der Waals surface area contributed by atoms with Crippen LogP contribution in [0.2, 0.25) is 0 Å². The summed E-state index contributed by atoms with van der Waals surface area (Å²) in [7, 11) is 1.25. The fourth-order valence-electron chi connectivity index (χ4n) is 3.71. The van der Waals surface area contributed by atoms with Crippen LogP contribution in [-0.2, 0) is 27.2 Å². The maximum atomic E-state index is 12.3. The number of carbonyl (C=O) groups excluding carboxylic acids is 3. The van der Waals surface area contributed by atoms with Crippen molar-refractivity contribution < 1.29 is 28.3 Å². The fraction of sp³-hybridized carbons (Fsp3) is 0.292. The smallest absolute Gasteiger partial charge is 0.325 e. The first kappa shape index (κ1) is 21.4. The fourth-order valence-corrected chi connectivity index (χ4v) is 3.71. The Kier molecular flexibility index (Phi) is 6.39. The predicted molar refractivity (Wildman–Crippen MR) is 118 cm³/mol. The second-order valence-corrected chi connectivity index (χ2v) is 7.54. The number of carbonyl (C=O) groups is 3. The number of anilines is 1. The minimum atomic E-state index is -0.533. The number of hydrogen-bond acceptors (Lipinski definition) is 6. The first-order valence-corrected chi connectivity index (χ1v) is 10.5. The Labute approximate surface area is 184 Å². The van der Waals surface area contributed by atoms with Crippen molar-refractivity contribution in [2.75, 3.05) is 25.6 Å². The minimum absolute atomic E-state index is 0.146. The number of aryl methyl sites for hydroxylation is 2. The van der Waals surface area contributed by atoms with Crippen LogP contribution >= 0.6 is 0 Å². The van der Waals surface area contributed by atoms with Crippen molar-refractivity contribution in [3.05, 3.63) is 59.4 Å². The summed E-state index contributed by atoms with van der Waals surface area (Å²) in [4.78, 5) is 35.4. The van der Waals surface area contributed by atoms with E-state index in [0.29, 0.717) is 17.0 Å². The predicted octanol–water partition coefficient (Wildman–Crippen LogP) is 3.23. The number of amides is 2. The molecular formula is C24H24N2O6. The van der Waals surface area contributed by atoms with E-state index in [4.69, 9.17) is 9.15 Å². The maximum absolute atomic E-state index is 12.3. The van der Waals surface area contributed by atoms with E-state index in [0.717, 1.165) is 42.4 Å². The van der Waals surface area contributed by atoms with Crippen LogP contribution in [0, 0.1) is 0 Å². The Morgan fingerprint density at radius 1 is 1.03 bits per heavy atom. The molecule has 0 radical (unpaired) electrons. The molecular weight excluding hydrogens is 412 g/mol. The van der Waals surface area contributed by atoms with Crippen molar-refractivity contribution in [1.29, 1.82) is 0 Å². The number of rotatable bonds is 7. The molecule has 0 spiro atoms. The third-order valence-electron chi connectivity index (χ3n) is 5.35. The van der Waals surface area contributed by atoms with Crippen molar-refractivity contribution in [3.8, 4) is 5.75 Å². The largest absolute Gasteiger partial charge is 0.484 e. The van der Waals surface area contributed by atoms with Gasteiger partial charge in [0.15, 0.2) is 6.61 Å². The highest BCUT2D eigenvalue weighted by Gasteiger charge is 2.18. The SMILES string of the molecule is COC(=O)CNC(=O)c1ccc(NC(=O)COc2ccc3oc4c(c3c2)CCCC4)cc1. The number of methoxy groups -OCH3 is 1. The van der Waals surface area contributed by atoms with E-state index in [1.54, 1.807) is 30.3 Å². The molecule has 2 N–H and O–H groups in total. The Bertz CT molecular complexity index is 1150. The van der Waals surface area contributed by atoms with E-state index in [2.05, 4.69) is 15.4 Å². The molecule has 4 rings (SSSR count). The molecule has 2 aromatic carbocycles. The van der Waals surface area contributed by atoms with E-state index in [1.165, 1.54) is 12.7 Å². The highest BCUT2D eigenvalue weighted by molar-refractivity contribution is 5.97. The summed E-state index contributed by atoms with van der Waals surface area (Å²) >= 11 is 0. The van der Waals surface area contributed by atoms with E-state index < -0.39 is 11.9 Å². The summed E-state index contributed by atoms with van der Waals surface area (Å²) in [6, 6.07) is 11.9. The summed E-state index contributed by atoms with van der Waals surface area (Å²) in [5.74, 6) is 0.410. The highest BCUT2D eigenvalue weighted by atomic mass is 16.5. The zero-order valence-corrected chi connectivity index (χ0v) is 17.7. The minimum Gasteiger partial charge on any atom is -0.484 e. The lowest BCUT2D eigenvalue weighted by molar-refractivity contribution is -0.139. The monoisotopic (exact) mass is 436 g/mol. The van der Waals surface area contributed by atoms with Gasteiger partial charge in [0, 0.05) is 28.6 Å². The van der Waals surface area contributed by atoms with Crippen LogP contribution in [-0.4, -0.2) is 38.0 Å². The number of fused-ring (bicyclic) bond motifs is 3. The van der Waals surface area contributed by atoms with Gasteiger partial charge in [-0.2, -0.15) is 0 Å². The third-order valence-corrected chi connectivity index (χ3v) is 5.35. The molecule has 0 aliphatic heterocycles. The van der Waals surface area contributed by atoms with Crippen molar-refractivity contribution in [2.24, 2.45) is 0 Å². The zero-order valence-electron chi connectivity index (χ0n) is 17.7. The van der Waals surface area contributed by atoms with Gasteiger partial charge in [-0.3, -0.25) is 14.4 Å². The lowest BCUT2D eigenvalue weighted by Gasteiger charge is -2.10. The van der Waals surface area contributed by atoms with Crippen molar-refractivity contribution in [3.63, 3.8) is 0 Å². The van der Waals surface area contributed by atoms with Gasteiger partial charge in [-0.15, -0.1) is 0 Å². The first-order chi connectivity index (χ1) is 15.5. The summed E-state index contributed by atoms with van der Waals surface area (Å²) in [6.07, 6.45) is 4.27. The number of benzene rings is 2. The van der Waals surface area contributed by atoms with Crippen LogP contribution in [0.4, 0.5) is 5.69 Å². The molecule has 3 aromatic rings. The molecule has 8 nitrogen and oxygen atoms in total. The number of hydrogen-bond donors (Lipinski definition) is 2. The number of esters is 1. The van der Waals surface area contributed by atoms with Gasteiger partial charge in [0.1, 0.15) is 23.6 Å². The Balaban J connectivity index is 1.31. The van der Waals surface area contributed by atoms with E-state index in [9.17, 15) is 14.4 Å². The van der Waals surface area contributed by atoms with Crippen LogP contribution < -0.4 is 15.4 Å². The molecule has 0 unspecified atom stereocenters. The Hall–Kier alpha value is -3.81. The number of furan rings is 1. The maximum Gasteiger partial charge on any atom is 0.325 e. The zero-order chi connectivity index (χ0) is 22.5. The standard InChI is InChI=1S/C24H24N2O6/c1-30-23(28)13-25-24(29)15-6-8-16(9-7-15)26-22(27)14-31-17-10-11-21-19(12-17)18-4-2-3-5-20(18)32-21/h6-12H,2-5,13-14H2,1H3,(H,25,29)(H,26,27). The van der Waals surface area contributed by atoms with Gasteiger partial charge in [0.05, 0.1) is 7.11 Å². The van der Waals surface area contributed by atoms with Gasteiger partial charge in [-0.1, -0.05) is 0 Å². The molecule has 2 amide bonds. The van der Waals surface area contributed by atoms with Crippen LogP contribution in [0.3, 0.4) is 0 Å². The Morgan fingerprint density at radius 3 is 2.59 bits per heavy atom. The molecule has 0 fully saturated rings. The van der Waals surface area contributed by atoms with Crippen LogP contribution in [0.25, 0.3) is 11.0 Å². The van der Waals surface area contributed by atoms with Gasteiger partial charge >= 0.3 is 5.97 Å². The second kappa shape index (κ2) is 9.55. The highest BCUT2D eigenvalue weighted by Crippen LogP contribution is 2.33. The second-order valence-electron chi connectivity index (χ2n) is 7.54. The molecule has 8 heteroatoms. The van der Waals surface area contributed by atoms with Crippen LogP contribution in [0.15, 0.2) is 46.9 Å². The van der Waals surface area contributed by atoms with Crippen LogP contribution in [0.1, 0.15) is 34.5 Å². The summed E-state index contributed by atoms with van der Waals surface area (Å²) in [5.41, 5.74) is 2.99. The van der Waals surface area contributed by atoms with Gasteiger partial charge in [-0.25, -0.2) is 0 Å². The third kappa shape index (κ3) is 4.91. The van der Waals surface area contributed by atoms with E-state index in [1.807, 2.05) is 12.1 Å². The normalized spacial score (nSPS) is 12.7. The topological polar surface area (TPSA) is 107 Å². The van der Waals surface area contributed by atoms with Crippen molar-refractivity contribution in [2.45, 2.75) is 25.7 Å². The number of nitrogens with one attached hydrogen (secondary N) is 2. The molecule has 0 bridgehead atoms. The molecule has 0 saturated heterocycles. The van der Waals surface area contributed by atoms with Gasteiger partial charge in [0.2, 0.25) is 0 Å². The first-order valence-electron chi connectivity index (χ1n) is 10.5. The van der Waals surface area contributed by atoms with Gasteiger partial charge in [-0.05, 0) is 61.7 Å². The number of ether oxygens (including phenoxy) is 2. The molecule has 0 saturated carbocycles. The molecule has 0 atom stereocenters. The molecule has 1 aliphatic carbocycles. The molecule has 1 aromatic heterocycles. The summed E-state index contributed by atoms with van der Waals surface area (Å²) in [6.45, 7) is -0.356. The van der Waals surface area contributed by atoms with Gasteiger partial charge < -0.3 is 24.5 Å². The average Bonchev–Trinajstić information content (AvgIpc) is 3.19. The lowest BCUT2D eigenvalue weighted by Crippen LogP contribution is -2.30. The average molecular weight is 436 g/mol. The summed E-state index contributed by atoms with van der Waals surface area (Å²) < 4.78 is 16.1. The molecule has 1 aliphatic rings. The van der Waals surface area contributed by atoms with Crippen molar-refractivity contribution >= 4 is 34.4 Å². The van der Waals surface area contributed by atoms with Crippen molar-refractivity contribution in [1.82, 2.24) is 5.32 Å². The van der Waals surface area contributed by atoms with Crippen LogP contribution in [0.5, 0.6) is 5.75 Å². The molecule has 32 heavy (non-hydrogen) atoms. The van der Waals surface area contributed by atoms with E-state index in [-0.39, 0.29) is 19.1 Å². The Morgan fingerprint density at radius 2 is 1.81 bits per heavy atom. The van der Waals surface area contributed by atoms with Gasteiger partial charge in [0.25, 0.3) is 11.8 Å². The molecule has 166 valence electrons. The molecule has 1 heterocycles.